The van der Waals surface area contributed by atoms with Crippen LogP contribution in [0.1, 0.15) is 51.4 Å². The minimum atomic E-state index is -0.164. The van der Waals surface area contributed by atoms with Crippen molar-refractivity contribution >= 4 is 11.8 Å². The van der Waals surface area contributed by atoms with Gasteiger partial charge < -0.3 is 20.3 Å². The first-order chi connectivity index (χ1) is 11.6. The summed E-state index contributed by atoms with van der Waals surface area (Å²) in [5.74, 6) is 0.00379. The van der Waals surface area contributed by atoms with Crippen molar-refractivity contribution < 1.29 is 14.3 Å². The second kappa shape index (κ2) is 8.30. The van der Waals surface area contributed by atoms with Crippen LogP contribution in [0.4, 0.5) is 0 Å². The van der Waals surface area contributed by atoms with Gasteiger partial charge in [0.2, 0.25) is 11.8 Å². The molecular formula is C18H31N3O3. The number of nitrogens with one attached hydrogen (secondary N) is 2. The topological polar surface area (TPSA) is 70.7 Å². The first-order valence-electron chi connectivity index (χ1n) is 9.50. The average molecular weight is 337 g/mol. The molecule has 2 amide bonds. The van der Waals surface area contributed by atoms with Gasteiger partial charge >= 0.3 is 0 Å². The summed E-state index contributed by atoms with van der Waals surface area (Å²) in [5, 5.41) is 6.78. The van der Waals surface area contributed by atoms with E-state index in [4.69, 9.17) is 4.74 Å². The molecule has 6 nitrogen and oxygen atoms in total. The van der Waals surface area contributed by atoms with Gasteiger partial charge in [0.05, 0.1) is 0 Å². The molecule has 0 aromatic heterocycles. The van der Waals surface area contributed by atoms with E-state index in [0.717, 1.165) is 64.7 Å². The second-order valence-electron chi connectivity index (χ2n) is 7.64. The van der Waals surface area contributed by atoms with Crippen molar-refractivity contribution in [2.75, 3.05) is 26.8 Å². The maximum atomic E-state index is 12.5. The Morgan fingerprint density at radius 3 is 2.50 bits per heavy atom. The van der Waals surface area contributed by atoms with Gasteiger partial charge in [0.15, 0.2) is 0 Å². The van der Waals surface area contributed by atoms with Crippen LogP contribution in [0.15, 0.2) is 0 Å². The fourth-order valence-corrected chi connectivity index (χ4v) is 3.71. The van der Waals surface area contributed by atoms with E-state index in [-0.39, 0.29) is 17.7 Å². The fraction of sp³-hybridized carbons (Fsp3) is 0.889. The van der Waals surface area contributed by atoms with Gasteiger partial charge in [-0.15, -0.1) is 0 Å². The van der Waals surface area contributed by atoms with Crippen molar-refractivity contribution in [2.24, 2.45) is 5.92 Å². The lowest BCUT2D eigenvalue weighted by Crippen LogP contribution is -2.47. The average Bonchev–Trinajstić information content (AvgIpc) is 3.37. The van der Waals surface area contributed by atoms with E-state index >= 15 is 0 Å². The van der Waals surface area contributed by atoms with E-state index in [1.54, 1.807) is 4.90 Å². The Labute approximate surface area is 144 Å². The molecule has 3 fully saturated rings. The zero-order chi connectivity index (χ0) is 16.9. The molecule has 2 atom stereocenters. The van der Waals surface area contributed by atoms with Gasteiger partial charge in [0, 0.05) is 57.3 Å². The largest absolute Gasteiger partial charge is 0.381 e. The van der Waals surface area contributed by atoms with E-state index < -0.39 is 0 Å². The Hall–Kier alpha value is -1.14. The molecule has 2 saturated heterocycles. The number of ether oxygens (including phenoxy) is 1. The van der Waals surface area contributed by atoms with Crippen LogP contribution in [0.25, 0.3) is 0 Å². The number of hydrogen-bond donors (Lipinski definition) is 2. The second-order valence-corrected chi connectivity index (χ2v) is 7.64. The highest BCUT2D eigenvalue weighted by Gasteiger charge is 2.31. The van der Waals surface area contributed by atoms with Crippen molar-refractivity contribution in [2.45, 2.75) is 69.5 Å². The van der Waals surface area contributed by atoms with Crippen molar-refractivity contribution in [1.29, 1.82) is 0 Å². The van der Waals surface area contributed by atoms with Gasteiger partial charge in [0.25, 0.3) is 0 Å². The normalized spacial score (nSPS) is 30.4. The standard InChI is InChI=1S/C18H31N3O3/c1-21-12-16(19-15-7-9-24-10-8-15)4-2-3-13(11-17(21)22)18(23)20-14-5-6-14/h13-16,19H,2-12H2,1H3,(H,20,23)/t13-,16-/m1/s1. The van der Waals surface area contributed by atoms with E-state index in [0.29, 0.717) is 24.5 Å². The lowest BCUT2D eigenvalue weighted by Gasteiger charge is -2.30. The maximum Gasteiger partial charge on any atom is 0.223 e. The third-order valence-corrected chi connectivity index (χ3v) is 5.43. The van der Waals surface area contributed by atoms with Gasteiger partial charge in [-0.2, -0.15) is 0 Å². The zero-order valence-corrected chi connectivity index (χ0v) is 14.8. The highest BCUT2D eigenvalue weighted by Crippen LogP contribution is 2.23. The highest BCUT2D eigenvalue weighted by atomic mass is 16.5. The van der Waals surface area contributed by atoms with E-state index in [2.05, 4.69) is 10.6 Å². The molecule has 2 heterocycles. The molecule has 0 radical (unpaired) electrons. The molecule has 1 saturated carbocycles. The molecule has 3 rings (SSSR count). The van der Waals surface area contributed by atoms with Gasteiger partial charge in [-0.1, -0.05) is 6.42 Å². The van der Waals surface area contributed by atoms with Gasteiger partial charge in [-0.3, -0.25) is 9.59 Å². The van der Waals surface area contributed by atoms with E-state index in [1.807, 2.05) is 7.05 Å². The summed E-state index contributed by atoms with van der Waals surface area (Å²) in [6.45, 7) is 2.37. The summed E-state index contributed by atoms with van der Waals surface area (Å²) in [5.41, 5.74) is 0. The van der Waals surface area contributed by atoms with Crippen molar-refractivity contribution in [3.05, 3.63) is 0 Å². The molecule has 0 spiro atoms. The van der Waals surface area contributed by atoms with Crippen LogP contribution in [0.2, 0.25) is 0 Å². The van der Waals surface area contributed by atoms with Crippen LogP contribution in [0.3, 0.4) is 0 Å². The maximum absolute atomic E-state index is 12.5. The lowest BCUT2D eigenvalue weighted by molar-refractivity contribution is -0.135. The number of rotatable bonds is 4. The molecule has 24 heavy (non-hydrogen) atoms. The monoisotopic (exact) mass is 337 g/mol. The summed E-state index contributed by atoms with van der Waals surface area (Å²) in [7, 11) is 1.86. The Morgan fingerprint density at radius 2 is 1.79 bits per heavy atom. The van der Waals surface area contributed by atoms with Crippen LogP contribution in [0, 0.1) is 5.92 Å². The Morgan fingerprint density at radius 1 is 1.04 bits per heavy atom. The van der Waals surface area contributed by atoms with Crippen LogP contribution >= 0.6 is 0 Å². The summed E-state index contributed by atoms with van der Waals surface area (Å²) in [6, 6.07) is 1.16. The van der Waals surface area contributed by atoms with Crippen LogP contribution in [-0.4, -0.2) is 61.6 Å². The highest BCUT2D eigenvalue weighted by molar-refractivity contribution is 5.86. The summed E-state index contributed by atoms with van der Waals surface area (Å²) in [6.07, 6.45) is 7.42. The molecule has 6 heteroatoms. The molecule has 0 bridgehead atoms. The van der Waals surface area contributed by atoms with Crippen LogP contribution in [-0.2, 0) is 14.3 Å². The number of amides is 2. The van der Waals surface area contributed by atoms with Crippen LogP contribution in [0.5, 0.6) is 0 Å². The van der Waals surface area contributed by atoms with Crippen LogP contribution < -0.4 is 10.6 Å². The number of carbonyl (C=O) groups excluding carboxylic acids is 2. The smallest absolute Gasteiger partial charge is 0.223 e. The van der Waals surface area contributed by atoms with E-state index in [1.165, 1.54) is 0 Å². The van der Waals surface area contributed by atoms with Gasteiger partial charge in [0.1, 0.15) is 0 Å². The predicted molar refractivity (Wildman–Crippen MR) is 91.5 cm³/mol. The number of carbonyl (C=O) groups is 2. The Bertz CT molecular complexity index is 447. The summed E-state index contributed by atoms with van der Waals surface area (Å²) >= 11 is 0. The zero-order valence-electron chi connectivity index (χ0n) is 14.8. The number of hydrogen-bond acceptors (Lipinski definition) is 4. The molecule has 1 aliphatic carbocycles. The molecule has 0 aromatic rings. The number of nitrogens with zero attached hydrogens (tertiary/aromatic N) is 1. The fourth-order valence-electron chi connectivity index (χ4n) is 3.71. The Kier molecular flexibility index (Phi) is 6.11. The van der Waals surface area contributed by atoms with Crippen molar-refractivity contribution in [3.63, 3.8) is 0 Å². The predicted octanol–water partition coefficient (Wildman–Crippen LogP) is 1.05. The quantitative estimate of drug-likeness (QED) is 0.804. The Balaban J connectivity index is 1.55. The molecule has 136 valence electrons. The molecular weight excluding hydrogens is 306 g/mol. The van der Waals surface area contributed by atoms with E-state index in [9.17, 15) is 9.59 Å². The third kappa shape index (κ3) is 5.18. The van der Waals surface area contributed by atoms with Crippen molar-refractivity contribution in [1.82, 2.24) is 15.5 Å². The molecule has 0 aromatic carbocycles. The van der Waals surface area contributed by atoms with Gasteiger partial charge in [-0.25, -0.2) is 0 Å². The molecule has 2 aliphatic heterocycles. The van der Waals surface area contributed by atoms with Crippen molar-refractivity contribution in [3.8, 4) is 0 Å². The molecule has 3 aliphatic rings. The summed E-state index contributed by atoms with van der Waals surface area (Å²) < 4.78 is 5.42. The third-order valence-electron chi connectivity index (χ3n) is 5.43. The summed E-state index contributed by atoms with van der Waals surface area (Å²) in [4.78, 5) is 26.6. The van der Waals surface area contributed by atoms with Gasteiger partial charge in [-0.05, 0) is 38.5 Å². The lowest BCUT2D eigenvalue weighted by atomic mass is 9.96. The minimum absolute atomic E-state index is 0.0788. The minimum Gasteiger partial charge on any atom is -0.381 e. The molecule has 2 N–H and O–H groups in total. The number of likely N-dealkylation sites (N-methyl/N-ethyl adjacent to an activating group) is 1. The molecule has 0 unspecified atom stereocenters. The first-order valence-corrected chi connectivity index (χ1v) is 9.50. The first kappa shape index (κ1) is 17.7. The SMILES string of the molecule is CN1C[C@H](NC2CCOCC2)CCC[C@@H](C(=O)NC2CC2)CC1=O.